The highest BCUT2D eigenvalue weighted by molar-refractivity contribution is 5.70. The van der Waals surface area contributed by atoms with E-state index in [0.29, 0.717) is 29.4 Å². The van der Waals surface area contributed by atoms with Crippen molar-refractivity contribution < 1.29 is 14.6 Å². The van der Waals surface area contributed by atoms with E-state index >= 15 is 0 Å². The van der Waals surface area contributed by atoms with Crippen LogP contribution in [0, 0.1) is 29.6 Å². The predicted octanol–water partition coefficient (Wildman–Crippen LogP) is 2.84. The van der Waals surface area contributed by atoms with Crippen LogP contribution in [0.2, 0.25) is 0 Å². The number of allylic oxidation sites excluding steroid dienone is 1. The van der Waals surface area contributed by atoms with E-state index in [-0.39, 0.29) is 12.0 Å². The molecular formula is C15H20O3. The van der Waals surface area contributed by atoms with Crippen LogP contribution in [0.25, 0.3) is 0 Å². The van der Waals surface area contributed by atoms with Crippen LogP contribution in [0.4, 0.5) is 0 Å². The average molecular weight is 248 g/mol. The zero-order valence-corrected chi connectivity index (χ0v) is 10.5. The third-order valence-corrected chi connectivity index (χ3v) is 5.29. The fraction of sp³-hybridized carbons (Fsp3) is 0.667. The molecule has 18 heavy (non-hydrogen) atoms. The number of carbonyl (C=O) groups is 1. The Balaban J connectivity index is 1.69. The maximum atomic E-state index is 11.1. The Bertz CT molecular complexity index is 401. The summed E-state index contributed by atoms with van der Waals surface area (Å²) in [5.74, 6) is 2.33. The third kappa shape index (κ3) is 1.68. The molecule has 0 aromatic carbocycles. The van der Waals surface area contributed by atoms with Gasteiger partial charge in [0.25, 0.3) is 0 Å². The lowest BCUT2D eigenvalue weighted by atomic mass is 9.80. The van der Waals surface area contributed by atoms with Gasteiger partial charge in [-0.1, -0.05) is 13.2 Å². The summed E-state index contributed by atoms with van der Waals surface area (Å²) in [5.41, 5.74) is 0. The highest BCUT2D eigenvalue weighted by atomic mass is 16.5. The molecule has 0 saturated heterocycles. The van der Waals surface area contributed by atoms with Gasteiger partial charge in [0.05, 0.1) is 5.92 Å². The van der Waals surface area contributed by atoms with E-state index in [1.807, 2.05) is 0 Å². The van der Waals surface area contributed by atoms with Gasteiger partial charge >= 0.3 is 5.97 Å². The molecule has 3 nitrogen and oxygen atoms in total. The van der Waals surface area contributed by atoms with Crippen LogP contribution in [-0.4, -0.2) is 17.2 Å². The molecule has 2 bridgehead atoms. The second-order valence-corrected chi connectivity index (χ2v) is 6.06. The van der Waals surface area contributed by atoms with Crippen LogP contribution in [-0.2, 0) is 9.53 Å². The van der Waals surface area contributed by atoms with Gasteiger partial charge in [-0.05, 0) is 55.4 Å². The molecule has 3 saturated carbocycles. The van der Waals surface area contributed by atoms with E-state index in [2.05, 4.69) is 13.2 Å². The molecule has 0 spiro atoms. The van der Waals surface area contributed by atoms with Crippen molar-refractivity contribution in [2.45, 2.75) is 31.8 Å². The molecule has 0 aliphatic heterocycles. The molecule has 98 valence electrons. The molecule has 6 unspecified atom stereocenters. The molecular weight excluding hydrogens is 228 g/mol. The highest BCUT2D eigenvalue weighted by Gasteiger charge is 2.57. The summed E-state index contributed by atoms with van der Waals surface area (Å²) in [6.45, 7) is 7.48. The summed E-state index contributed by atoms with van der Waals surface area (Å²) >= 11 is 0. The molecule has 3 rings (SSSR count). The lowest BCUT2D eigenvalue weighted by Gasteiger charge is -2.31. The van der Waals surface area contributed by atoms with Gasteiger partial charge in [0.1, 0.15) is 11.9 Å². The molecule has 3 aliphatic rings. The third-order valence-electron chi connectivity index (χ3n) is 5.29. The van der Waals surface area contributed by atoms with E-state index in [1.165, 1.54) is 6.42 Å². The van der Waals surface area contributed by atoms with E-state index in [1.54, 1.807) is 6.08 Å². The zero-order valence-electron chi connectivity index (χ0n) is 10.5. The Morgan fingerprint density at radius 2 is 1.89 bits per heavy atom. The minimum absolute atomic E-state index is 0.119. The molecule has 0 aromatic rings. The number of ether oxygens (including phenoxy) is 1. The van der Waals surface area contributed by atoms with Gasteiger partial charge in [-0.3, -0.25) is 4.79 Å². The molecule has 6 atom stereocenters. The Labute approximate surface area is 108 Å². The first-order valence-corrected chi connectivity index (χ1v) is 6.81. The fourth-order valence-electron chi connectivity index (χ4n) is 4.59. The molecule has 0 heterocycles. The quantitative estimate of drug-likeness (QED) is 0.614. The highest BCUT2D eigenvalue weighted by Crippen LogP contribution is 2.60. The predicted molar refractivity (Wildman–Crippen MR) is 67.8 cm³/mol. The van der Waals surface area contributed by atoms with Gasteiger partial charge in [0, 0.05) is 0 Å². The van der Waals surface area contributed by atoms with E-state index in [0.717, 1.165) is 19.3 Å². The van der Waals surface area contributed by atoms with Gasteiger partial charge in [0.2, 0.25) is 0 Å². The smallest absolute Gasteiger partial charge is 0.306 e. The maximum Gasteiger partial charge on any atom is 0.306 e. The van der Waals surface area contributed by atoms with Crippen molar-refractivity contribution in [1.82, 2.24) is 0 Å². The van der Waals surface area contributed by atoms with Gasteiger partial charge in [0.15, 0.2) is 0 Å². The van der Waals surface area contributed by atoms with Gasteiger partial charge in [-0.25, -0.2) is 0 Å². The Kier molecular flexibility index (Phi) is 2.72. The second kappa shape index (κ2) is 4.15. The number of aliphatic carboxylic acids is 1. The SMILES string of the molecule is C=CC(=C)OC1CC2CC1C1CC(C(=O)O)CC21. The number of fused-ring (bicyclic) bond motifs is 5. The Hall–Kier alpha value is -1.25. The number of rotatable bonds is 4. The molecule has 0 aromatic heterocycles. The minimum atomic E-state index is -0.614. The standard InChI is InChI=1S/C15H20O3/c1-3-8(2)18-14-7-9-4-13(14)12-6-10(15(16)17)5-11(9)12/h3,9-14H,1-2,4-7H2,(H,16,17). The zero-order chi connectivity index (χ0) is 12.9. The molecule has 0 amide bonds. The summed E-state index contributed by atoms with van der Waals surface area (Å²) < 4.78 is 5.84. The Morgan fingerprint density at radius 3 is 2.56 bits per heavy atom. The maximum absolute atomic E-state index is 11.1. The number of carboxylic acid groups (broad SMARTS) is 1. The van der Waals surface area contributed by atoms with Crippen molar-refractivity contribution in [3.05, 3.63) is 25.0 Å². The van der Waals surface area contributed by atoms with Crippen molar-refractivity contribution in [3.63, 3.8) is 0 Å². The van der Waals surface area contributed by atoms with Crippen LogP contribution < -0.4 is 0 Å². The number of hydrogen-bond acceptors (Lipinski definition) is 2. The minimum Gasteiger partial charge on any atom is -0.491 e. The lowest BCUT2D eigenvalue weighted by molar-refractivity contribution is -0.141. The van der Waals surface area contributed by atoms with Crippen LogP contribution in [0.5, 0.6) is 0 Å². The topological polar surface area (TPSA) is 46.5 Å². The van der Waals surface area contributed by atoms with E-state index in [4.69, 9.17) is 9.84 Å². The average Bonchev–Trinajstić information content (AvgIpc) is 2.97. The molecule has 3 fully saturated rings. The number of carboxylic acids is 1. The fourth-order valence-corrected chi connectivity index (χ4v) is 4.59. The van der Waals surface area contributed by atoms with Crippen LogP contribution >= 0.6 is 0 Å². The summed E-state index contributed by atoms with van der Waals surface area (Å²) in [5, 5.41) is 9.15. The Morgan fingerprint density at radius 1 is 1.17 bits per heavy atom. The first-order valence-electron chi connectivity index (χ1n) is 6.81. The molecule has 1 N–H and O–H groups in total. The summed E-state index contributed by atoms with van der Waals surface area (Å²) in [6, 6.07) is 0. The number of hydrogen-bond donors (Lipinski definition) is 1. The largest absolute Gasteiger partial charge is 0.491 e. The van der Waals surface area contributed by atoms with Crippen molar-refractivity contribution in [2.24, 2.45) is 29.6 Å². The van der Waals surface area contributed by atoms with E-state index in [9.17, 15) is 4.79 Å². The first kappa shape index (κ1) is 11.8. The monoisotopic (exact) mass is 248 g/mol. The van der Waals surface area contributed by atoms with Gasteiger partial charge in [-0.15, -0.1) is 0 Å². The summed E-state index contributed by atoms with van der Waals surface area (Å²) in [4.78, 5) is 11.1. The second-order valence-electron chi connectivity index (χ2n) is 6.06. The van der Waals surface area contributed by atoms with E-state index < -0.39 is 5.97 Å². The molecule has 0 radical (unpaired) electrons. The molecule has 3 aliphatic carbocycles. The van der Waals surface area contributed by atoms with Crippen molar-refractivity contribution in [3.8, 4) is 0 Å². The first-order chi connectivity index (χ1) is 8.60. The van der Waals surface area contributed by atoms with Crippen molar-refractivity contribution in [2.75, 3.05) is 0 Å². The van der Waals surface area contributed by atoms with Crippen molar-refractivity contribution >= 4 is 5.97 Å². The normalized spacial score (nSPS) is 44.7. The van der Waals surface area contributed by atoms with Gasteiger partial charge < -0.3 is 9.84 Å². The summed E-state index contributed by atoms with van der Waals surface area (Å²) in [6.07, 6.45) is 5.92. The summed E-state index contributed by atoms with van der Waals surface area (Å²) in [7, 11) is 0. The van der Waals surface area contributed by atoms with Crippen LogP contribution in [0.1, 0.15) is 25.7 Å². The lowest BCUT2D eigenvalue weighted by Crippen LogP contribution is -2.29. The van der Waals surface area contributed by atoms with Crippen LogP contribution in [0.3, 0.4) is 0 Å². The van der Waals surface area contributed by atoms with Gasteiger partial charge in [-0.2, -0.15) is 0 Å². The van der Waals surface area contributed by atoms with Crippen LogP contribution in [0.15, 0.2) is 25.0 Å². The molecule has 3 heteroatoms. The van der Waals surface area contributed by atoms with Crippen molar-refractivity contribution in [1.29, 1.82) is 0 Å².